The van der Waals surface area contributed by atoms with Crippen molar-refractivity contribution >= 4 is 16.6 Å². The maximum Gasteiger partial charge on any atom is 0.161 e. The van der Waals surface area contributed by atoms with Gasteiger partial charge in [0.25, 0.3) is 0 Å². The standard InChI is InChI=1S/C28H29N3O4/c1-17-6-8-18(9-7-17)35-30-28-21-16-25(33-5)24(32-4)15-20(21)27-26(28)22-14-19(10-11-23(22)29-27)34-13-12-31(2)3/h6-11,14-16,29H,12-13H2,1-5H3. The molecule has 0 unspecified atom stereocenters. The van der Waals surface area contributed by atoms with Gasteiger partial charge in [-0.1, -0.05) is 22.9 Å². The fourth-order valence-corrected chi connectivity index (χ4v) is 4.26. The maximum absolute atomic E-state index is 6.01. The summed E-state index contributed by atoms with van der Waals surface area (Å²) < 4.78 is 17.2. The molecule has 5 rings (SSSR count). The van der Waals surface area contributed by atoms with Crippen molar-refractivity contribution in [2.24, 2.45) is 5.16 Å². The highest BCUT2D eigenvalue weighted by molar-refractivity contribution is 6.30. The number of hydrogen-bond acceptors (Lipinski definition) is 6. The zero-order valence-corrected chi connectivity index (χ0v) is 20.6. The third-order valence-electron chi connectivity index (χ3n) is 6.13. The number of hydrogen-bond donors (Lipinski definition) is 1. The van der Waals surface area contributed by atoms with Crippen molar-refractivity contribution in [1.82, 2.24) is 9.88 Å². The predicted molar refractivity (Wildman–Crippen MR) is 138 cm³/mol. The Kier molecular flexibility index (Phi) is 6.09. The molecule has 0 aliphatic heterocycles. The molecular weight excluding hydrogens is 442 g/mol. The molecule has 1 aromatic heterocycles. The van der Waals surface area contributed by atoms with Gasteiger partial charge in [-0.15, -0.1) is 0 Å². The first-order valence-corrected chi connectivity index (χ1v) is 11.5. The van der Waals surface area contributed by atoms with Crippen molar-refractivity contribution in [1.29, 1.82) is 0 Å². The van der Waals surface area contributed by atoms with Crippen LogP contribution in [0.3, 0.4) is 0 Å². The molecule has 7 heteroatoms. The maximum atomic E-state index is 6.01. The van der Waals surface area contributed by atoms with Crippen molar-refractivity contribution in [2.75, 3.05) is 41.5 Å². The number of nitrogens with zero attached hydrogens (tertiary/aromatic N) is 2. The lowest BCUT2D eigenvalue weighted by molar-refractivity contribution is 0.261. The predicted octanol–water partition coefficient (Wildman–Crippen LogP) is 5.25. The van der Waals surface area contributed by atoms with Crippen molar-refractivity contribution in [3.8, 4) is 34.3 Å². The summed E-state index contributed by atoms with van der Waals surface area (Å²) in [5, 5.41) is 5.64. The highest BCUT2D eigenvalue weighted by Crippen LogP contribution is 2.46. The van der Waals surface area contributed by atoms with E-state index in [0.29, 0.717) is 23.9 Å². The molecule has 0 amide bonds. The molecule has 180 valence electrons. The van der Waals surface area contributed by atoms with Gasteiger partial charge in [-0.25, -0.2) is 0 Å². The van der Waals surface area contributed by atoms with Crippen LogP contribution in [0.2, 0.25) is 0 Å². The molecular formula is C28H29N3O4. The Hall–Kier alpha value is -3.97. The van der Waals surface area contributed by atoms with E-state index in [4.69, 9.17) is 19.0 Å². The summed E-state index contributed by atoms with van der Waals surface area (Å²) in [4.78, 5) is 11.5. The minimum Gasteiger partial charge on any atom is -0.493 e. The molecule has 0 atom stereocenters. The van der Waals surface area contributed by atoms with Crippen LogP contribution in [0.25, 0.3) is 22.2 Å². The third-order valence-corrected chi connectivity index (χ3v) is 6.13. The smallest absolute Gasteiger partial charge is 0.161 e. The Bertz CT molecular complexity index is 1400. The summed E-state index contributed by atoms with van der Waals surface area (Å²) in [7, 11) is 7.33. The van der Waals surface area contributed by atoms with E-state index in [1.165, 1.54) is 0 Å². The summed E-state index contributed by atoms with van der Waals surface area (Å²) in [6.07, 6.45) is 0. The summed E-state index contributed by atoms with van der Waals surface area (Å²) in [5.74, 6) is 2.78. The number of nitrogens with one attached hydrogen (secondary N) is 1. The molecule has 7 nitrogen and oxygen atoms in total. The van der Waals surface area contributed by atoms with E-state index >= 15 is 0 Å². The normalized spacial score (nSPS) is 13.3. The van der Waals surface area contributed by atoms with Gasteiger partial charge in [-0.2, -0.15) is 0 Å². The van der Waals surface area contributed by atoms with Crippen LogP contribution in [0.1, 0.15) is 16.7 Å². The molecule has 0 fully saturated rings. The first-order valence-electron chi connectivity index (χ1n) is 11.5. The van der Waals surface area contributed by atoms with Gasteiger partial charge >= 0.3 is 0 Å². The molecule has 0 saturated carbocycles. The minimum atomic E-state index is 0.608. The fourth-order valence-electron chi connectivity index (χ4n) is 4.26. The monoisotopic (exact) mass is 471 g/mol. The number of oxime groups is 1. The van der Waals surface area contributed by atoms with Crippen LogP contribution in [0.5, 0.6) is 23.0 Å². The number of aromatic nitrogens is 1. The molecule has 0 saturated heterocycles. The lowest BCUT2D eigenvalue weighted by atomic mass is 10.1. The van der Waals surface area contributed by atoms with E-state index in [1.54, 1.807) is 14.2 Å². The van der Waals surface area contributed by atoms with Crippen LogP contribution >= 0.6 is 0 Å². The Morgan fingerprint density at radius 3 is 2.23 bits per heavy atom. The van der Waals surface area contributed by atoms with E-state index in [1.807, 2.05) is 69.6 Å². The number of ether oxygens (including phenoxy) is 3. The van der Waals surface area contributed by atoms with Crippen molar-refractivity contribution in [2.45, 2.75) is 6.92 Å². The van der Waals surface area contributed by atoms with Gasteiger partial charge in [0, 0.05) is 34.1 Å². The number of benzene rings is 3. The molecule has 4 aromatic rings. The van der Waals surface area contributed by atoms with E-state index < -0.39 is 0 Å². The molecule has 0 radical (unpaired) electrons. The Morgan fingerprint density at radius 1 is 0.857 bits per heavy atom. The number of H-pyrrole nitrogens is 1. The molecule has 3 aromatic carbocycles. The number of aryl methyl sites for hydroxylation is 1. The first kappa shape index (κ1) is 22.8. The lowest BCUT2D eigenvalue weighted by Crippen LogP contribution is -2.19. The largest absolute Gasteiger partial charge is 0.493 e. The summed E-state index contributed by atoms with van der Waals surface area (Å²) in [6, 6.07) is 17.8. The number of methoxy groups -OCH3 is 2. The molecule has 0 bridgehead atoms. The second-order valence-corrected chi connectivity index (χ2v) is 8.83. The number of fused-ring (bicyclic) bond motifs is 5. The summed E-state index contributed by atoms with van der Waals surface area (Å²) in [5.41, 5.74) is 6.72. The number of rotatable bonds is 8. The molecule has 1 aliphatic rings. The highest BCUT2D eigenvalue weighted by Gasteiger charge is 2.32. The van der Waals surface area contributed by atoms with Crippen LogP contribution in [0.15, 0.2) is 59.8 Å². The molecule has 35 heavy (non-hydrogen) atoms. The zero-order chi connectivity index (χ0) is 24.5. The van der Waals surface area contributed by atoms with Crippen LogP contribution < -0.4 is 19.0 Å². The number of likely N-dealkylation sites (N-methyl/N-ethyl adjacent to an activating group) is 1. The fraction of sp³-hybridized carbons (Fsp3) is 0.250. The second kappa shape index (κ2) is 9.35. The topological polar surface area (TPSA) is 68.3 Å². The van der Waals surface area contributed by atoms with Crippen LogP contribution in [-0.4, -0.2) is 57.1 Å². The SMILES string of the molecule is COc1cc2c(cc1OC)-c1[nH]c3ccc(OCCN(C)C)cc3c1C2=NOc1ccc(C)cc1. The van der Waals surface area contributed by atoms with Gasteiger partial charge in [0.1, 0.15) is 18.1 Å². The van der Waals surface area contributed by atoms with Crippen molar-refractivity contribution in [3.05, 3.63) is 71.3 Å². The summed E-state index contributed by atoms with van der Waals surface area (Å²) >= 11 is 0. The van der Waals surface area contributed by atoms with E-state index in [0.717, 1.165) is 56.9 Å². The molecule has 1 heterocycles. The third kappa shape index (κ3) is 4.31. The highest BCUT2D eigenvalue weighted by atomic mass is 16.6. The van der Waals surface area contributed by atoms with Gasteiger partial charge in [-0.05, 0) is 63.5 Å². The average Bonchev–Trinajstić information content (AvgIpc) is 3.36. The van der Waals surface area contributed by atoms with Crippen LogP contribution in [0.4, 0.5) is 0 Å². The average molecular weight is 472 g/mol. The van der Waals surface area contributed by atoms with E-state index in [9.17, 15) is 0 Å². The van der Waals surface area contributed by atoms with E-state index in [2.05, 4.69) is 21.1 Å². The summed E-state index contributed by atoms with van der Waals surface area (Å²) in [6.45, 7) is 3.49. The van der Waals surface area contributed by atoms with E-state index in [-0.39, 0.29) is 0 Å². The Balaban J connectivity index is 1.63. The van der Waals surface area contributed by atoms with Gasteiger partial charge in [0.15, 0.2) is 17.2 Å². The lowest BCUT2D eigenvalue weighted by Gasteiger charge is -2.12. The van der Waals surface area contributed by atoms with Gasteiger partial charge in [-0.3, -0.25) is 0 Å². The number of aromatic amines is 1. The molecule has 1 N–H and O–H groups in total. The minimum absolute atomic E-state index is 0.608. The second-order valence-electron chi connectivity index (χ2n) is 8.83. The first-order chi connectivity index (χ1) is 17.0. The van der Waals surface area contributed by atoms with Crippen molar-refractivity contribution in [3.63, 3.8) is 0 Å². The van der Waals surface area contributed by atoms with Gasteiger partial charge < -0.3 is 28.9 Å². The molecule has 0 spiro atoms. The zero-order valence-electron chi connectivity index (χ0n) is 20.6. The van der Waals surface area contributed by atoms with Gasteiger partial charge in [0.2, 0.25) is 0 Å². The Labute approximate surface area is 204 Å². The van der Waals surface area contributed by atoms with Gasteiger partial charge in [0.05, 0.1) is 19.9 Å². The van der Waals surface area contributed by atoms with Crippen molar-refractivity contribution < 1.29 is 19.0 Å². The van der Waals surface area contributed by atoms with Crippen LogP contribution in [-0.2, 0) is 0 Å². The van der Waals surface area contributed by atoms with Crippen LogP contribution in [0, 0.1) is 6.92 Å². The Morgan fingerprint density at radius 2 is 1.54 bits per heavy atom. The molecule has 1 aliphatic carbocycles. The quantitative estimate of drug-likeness (QED) is 0.313.